The minimum Gasteiger partial charge on any atom is -0.381 e. The van der Waals surface area contributed by atoms with E-state index in [0.717, 1.165) is 30.5 Å². The Kier molecular flexibility index (Phi) is 4.91. The number of anilines is 1. The highest BCUT2D eigenvalue weighted by atomic mass is 15.2. The Morgan fingerprint density at radius 2 is 2.12 bits per heavy atom. The van der Waals surface area contributed by atoms with Crippen LogP contribution in [0.5, 0.6) is 0 Å². The molecule has 0 amide bonds. The number of hydrogen-bond donors (Lipinski definition) is 3. The zero-order valence-corrected chi connectivity index (χ0v) is 15.3. The summed E-state index contributed by atoms with van der Waals surface area (Å²) in [6.07, 6.45) is 4.31. The van der Waals surface area contributed by atoms with E-state index in [1.807, 2.05) is 13.1 Å². The molecule has 0 bridgehead atoms. The lowest BCUT2D eigenvalue weighted by Crippen LogP contribution is -2.41. The monoisotopic (exact) mass is 349 g/mol. The Morgan fingerprint density at radius 1 is 1.27 bits per heavy atom. The van der Waals surface area contributed by atoms with Crippen LogP contribution in [0.2, 0.25) is 0 Å². The zero-order chi connectivity index (χ0) is 17.9. The van der Waals surface area contributed by atoms with Crippen LogP contribution in [0.25, 0.3) is 10.9 Å². The molecule has 1 aliphatic rings. The van der Waals surface area contributed by atoms with Crippen molar-refractivity contribution in [1.82, 2.24) is 15.1 Å². The summed E-state index contributed by atoms with van der Waals surface area (Å²) in [4.78, 5) is 2.54. The van der Waals surface area contributed by atoms with Crippen molar-refractivity contribution in [2.45, 2.75) is 38.4 Å². The van der Waals surface area contributed by atoms with Crippen LogP contribution >= 0.6 is 0 Å². The fourth-order valence-electron chi connectivity index (χ4n) is 3.77. The first-order valence-corrected chi connectivity index (χ1v) is 9.44. The third kappa shape index (κ3) is 3.89. The molecule has 1 aliphatic heterocycles. The van der Waals surface area contributed by atoms with Crippen LogP contribution in [0, 0.1) is 0 Å². The molecule has 5 nitrogen and oxygen atoms in total. The Hall–Kier alpha value is -2.37. The summed E-state index contributed by atoms with van der Waals surface area (Å²) in [5.41, 5.74) is 10.7. The van der Waals surface area contributed by atoms with Crippen molar-refractivity contribution >= 4 is 16.6 Å². The van der Waals surface area contributed by atoms with Gasteiger partial charge in [0.2, 0.25) is 0 Å². The van der Waals surface area contributed by atoms with E-state index < -0.39 is 0 Å². The summed E-state index contributed by atoms with van der Waals surface area (Å²) in [7, 11) is 0. The van der Waals surface area contributed by atoms with Crippen molar-refractivity contribution in [3.63, 3.8) is 0 Å². The number of nitrogens with zero attached hydrogens (tertiary/aromatic N) is 2. The van der Waals surface area contributed by atoms with Crippen LogP contribution in [0.3, 0.4) is 0 Å². The first-order chi connectivity index (χ1) is 12.7. The molecular weight excluding hydrogens is 322 g/mol. The van der Waals surface area contributed by atoms with Crippen LogP contribution in [-0.2, 0) is 6.54 Å². The molecule has 2 aromatic carbocycles. The van der Waals surface area contributed by atoms with E-state index in [4.69, 9.17) is 5.73 Å². The van der Waals surface area contributed by atoms with Crippen molar-refractivity contribution in [3.05, 3.63) is 59.8 Å². The van der Waals surface area contributed by atoms with E-state index in [1.54, 1.807) is 0 Å². The Balaban J connectivity index is 1.37. The fraction of sp³-hybridized carbons (Fsp3) is 0.381. The number of rotatable bonds is 5. The number of piperidine rings is 1. The second-order valence-corrected chi connectivity index (χ2v) is 7.42. The standard InChI is InChI=1S/C21H27N5/c1-15(22)17-6-4-16(5-7-17)13-26-10-2-3-20(14-26)24-19-8-9-21-18(11-19)12-23-25-21/h4-9,11-12,15,20,24H,2-3,10,13-14,22H2,1H3,(H,23,25). The van der Waals surface area contributed by atoms with Gasteiger partial charge in [-0.15, -0.1) is 0 Å². The van der Waals surface area contributed by atoms with Gasteiger partial charge in [0.15, 0.2) is 0 Å². The van der Waals surface area contributed by atoms with Gasteiger partial charge in [-0.25, -0.2) is 0 Å². The molecule has 2 unspecified atom stereocenters. The highest BCUT2D eigenvalue weighted by Gasteiger charge is 2.20. The number of hydrogen-bond acceptors (Lipinski definition) is 4. The highest BCUT2D eigenvalue weighted by molar-refractivity contribution is 5.81. The SMILES string of the molecule is CC(N)c1ccc(CN2CCCC(Nc3ccc4[nH]ncc4c3)C2)cc1. The van der Waals surface area contributed by atoms with Gasteiger partial charge in [-0.3, -0.25) is 10.00 Å². The molecule has 4 N–H and O–H groups in total. The van der Waals surface area contributed by atoms with Crippen molar-refractivity contribution in [3.8, 4) is 0 Å². The van der Waals surface area contributed by atoms with Crippen molar-refractivity contribution in [1.29, 1.82) is 0 Å². The molecule has 0 aliphatic carbocycles. The molecule has 1 aromatic heterocycles. The average Bonchev–Trinajstić information content (AvgIpc) is 3.10. The molecule has 2 heterocycles. The number of nitrogens with two attached hydrogens (primary N) is 1. The molecule has 5 heteroatoms. The van der Waals surface area contributed by atoms with Gasteiger partial charge in [-0.1, -0.05) is 24.3 Å². The maximum absolute atomic E-state index is 5.94. The van der Waals surface area contributed by atoms with Gasteiger partial charge < -0.3 is 11.1 Å². The van der Waals surface area contributed by atoms with Crippen LogP contribution in [0.1, 0.15) is 36.9 Å². The quantitative estimate of drug-likeness (QED) is 0.657. The second kappa shape index (κ2) is 7.48. The molecular formula is C21H27N5. The Labute approximate surface area is 154 Å². The lowest BCUT2D eigenvalue weighted by atomic mass is 10.0. The van der Waals surface area contributed by atoms with Crippen molar-refractivity contribution in [2.75, 3.05) is 18.4 Å². The van der Waals surface area contributed by atoms with Gasteiger partial charge >= 0.3 is 0 Å². The summed E-state index contributed by atoms with van der Waals surface area (Å²) in [5, 5.41) is 12.0. The average molecular weight is 349 g/mol. The minimum absolute atomic E-state index is 0.0974. The largest absolute Gasteiger partial charge is 0.381 e. The smallest absolute Gasteiger partial charge is 0.0651 e. The maximum Gasteiger partial charge on any atom is 0.0651 e. The molecule has 26 heavy (non-hydrogen) atoms. The first kappa shape index (κ1) is 17.1. The number of benzene rings is 2. The van der Waals surface area contributed by atoms with E-state index in [-0.39, 0.29) is 6.04 Å². The van der Waals surface area contributed by atoms with E-state index in [9.17, 15) is 0 Å². The topological polar surface area (TPSA) is 70.0 Å². The highest BCUT2D eigenvalue weighted by Crippen LogP contribution is 2.21. The number of likely N-dealkylation sites (tertiary alicyclic amines) is 1. The normalized spacial score (nSPS) is 19.5. The number of aromatic nitrogens is 2. The molecule has 3 aromatic rings. The van der Waals surface area contributed by atoms with Gasteiger partial charge in [-0.2, -0.15) is 5.10 Å². The van der Waals surface area contributed by atoms with Gasteiger partial charge in [0.25, 0.3) is 0 Å². The van der Waals surface area contributed by atoms with Crippen LogP contribution in [0.4, 0.5) is 5.69 Å². The zero-order valence-electron chi connectivity index (χ0n) is 15.3. The lowest BCUT2D eigenvalue weighted by Gasteiger charge is -2.33. The molecule has 1 fully saturated rings. The van der Waals surface area contributed by atoms with Gasteiger partial charge in [0.05, 0.1) is 11.7 Å². The summed E-state index contributed by atoms with van der Waals surface area (Å²) < 4.78 is 0. The van der Waals surface area contributed by atoms with Gasteiger partial charge in [0, 0.05) is 36.2 Å². The molecule has 0 saturated carbocycles. The summed E-state index contributed by atoms with van der Waals surface area (Å²) in [6, 6.07) is 15.7. The Bertz CT molecular complexity index is 852. The molecule has 4 rings (SSSR count). The first-order valence-electron chi connectivity index (χ1n) is 9.44. The number of fused-ring (bicyclic) bond motifs is 1. The molecule has 136 valence electrons. The molecule has 0 spiro atoms. The number of aromatic amines is 1. The van der Waals surface area contributed by atoms with Gasteiger partial charge in [-0.05, 0) is 55.6 Å². The van der Waals surface area contributed by atoms with Crippen LogP contribution in [-0.4, -0.2) is 34.2 Å². The van der Waals surface area contributed by atoms with E-state index >= 15 is 0 Å². The summed E-state index contributed by atoms with van der Waals surface area (Å²) >= 11 is 0. The van der Waals surface area contributed by atoms with Crippen molar-refractivity contribution < 1.29 is 0 Å². The predicted molar refractivity (Wildman–Crippen MR) is 107 cm³/mol. The Morgan fingerprint density at radius 3 is 2.92 bits per heavy atom. The van der Waals surface area contributed by atoms with Crippen molar-refractivity contribution in [2.24, 2.45) is 5.73 Å². The summed E-state index contributed by atoms with van der Waals surface area (Å²) in [5.74, 6) is 0. The molecule has 1 saturated heterocycles. The second-order valence-electron chi connectivity index (χ2n) is 7.42. The molecule has 0 radical (unpaired) electrons. The fourth-order valence-corrected chi connectivity index (χ4v) is 3.77. The predicted octanol–water partition coefficient (Wildman–Crippen LogP) is 3.66. The van der Waals surface area contributed by atoms with E-state index in [2.05, 4.69) is 62.9 Å². The van der Waals surface area contributed by atoms with Crippen LogP contribution < -0.4 is 11.1 Å². The summed E-state index contributed by atoms with van der Waals surface area (Å²) in [6.45, 7) is 5.25. The maximum atomic E-state index is 5.94. The van der Waals surface area contributed by atoms with Gasteiger partial charge in [0.1, 0.15) is 0 Å². The number of H-pyrrole nitrogens is 1. The van der Waals surface area contributed by atoms with Crippen LogP contribution in [0.15, 0.2) is 48.7 Å². The lowest BCUT2D eigenvalue weighted by molar-refractivity contribution is 0.208. The number of nitrogens with one attached hydrogen (secondary N) is 2. The molecule has 2 atom stereocenters. The van der Waals surface area contributed by atoms with E-state index in [1.165, 1.54) is 29.7 Å². The third-order valence-electron chi connectivity index (χ3n) is 5.23. The minimum atomic E-state index is 0.0974. The van der Waals surface area contributed by atoms with E-state index in [0.29, 0.717) is 6.04 Å². The third-order valence-corrected chi connectivity index (χ3v) is 5.23.